The van der Waals surface area contributed by atoms with Crippen LogP contribution < -0.4 is 10.6 Å². The van der Waals surface area contributed by atoms with Crippen LogP contribution in [-0.4, -0.2) is 43.2 Å². The van der Waals surface area contributed by atoms with Crippen LogP contribution >= 0.6 is 0 Å². The molecule has 1 saturated heterocycles. The summed E-state index contributed by atoms with van der Waals surface area (Å²) in [7, 11) is 0. The van der Waals surface area contributed by atoms with Gasteiger partial charge in [0, 0.05) is 17.4 Å². The Balaban J connectivity index is 1.53. The lowest BCUT2D eigenvalue weighted by Crippen LogP contribution is -2.31. The lowest BCUT2D eigenvalue weighted by Gasteiger charge is -2.11. The molecule has 0 bridgehead atoms. The maximum absolute atomic E-state index is 12.9. The van der Waals surface area contributed by atoms with E-state index in [4.69, 9.17) is 4.74 Å². The van der Waals surface area contributed by atoms with Crippen molar-refractivity contribution in [3.8, 4) is 11.3 Å². The first-order valence-corrected chi connectivity index (χ1v) is 9.25. The number of rotatable bonds is 6. The Bertz CT molecular complexity index is 1070. The molecular weight excluding hydrogens is 396 g/mol. The predicted octanol–water partition coefficient (Wildman–Crippen LogP) is 3.22. The van der Waals surface area contributed by atoms with E-state index in [1.54, 1.807) is 16.9 Å². The second kappa shape index (κ2) is 8.01. The van der Waals surface area contributed by atoms with Gasteiger partial charge in [0.2, 0.25) is 5.95 Å². The second-order valence-corrected chi connectivity index (χ2v) is 7.02. The molecule has 0 radical (unpaired) electrons. The molecule has 30 heavy (non-hydrogen) atoms. The number of cyclic esters (lactones) is 1. The van der Waals surface area contributed by atoms with Crippen LogP contribution in [0.2, 0.25) is 0 Å². The van der Waals surface area contributed by atoms with Crippen molar-refractivity contribution in [1.29, 1.82) is 0 Å². The number of aromatic nitrogens is 5. The van der Waals surface area contributed by atoms with Crippen molar-refractivity contribution < 1.29 is 18.3 Å². The van der Waals surface area contributed by atoms with Crippen LogP contribution in [0.5, 0.6) is 0 Å². The Morgan fingerprint density at radius 2 is 2.17 bits per heavy atom. The predicted molar refractivity (Wildman–Crippen MR) is 103 cm³/mol. The van der Waals surface area contributed by atoms with Crippen molar-refractivity contribution >= 4 is 17.7 Å². The van der Waals surface area contributed by atoms with Crippen molar-refractivity contribution in [3.05, 3.63) is 47.9 Å². The zero-order chi connectivity index (χ0) is 21.3. The number of carbonyl (C=O) groups excluding carboxylic acids is 1. The zero-order valence-corrected chi connectivity index (χ0v) is 16.2. The number of hydrogen-bond donors (Lipinski definition) is 2. The molecule has 9 nitrogen and oxygen atoms in total. The van der Waals surface area contributed by atoms with Gasteiger partial charge < -0.3 is 15.4 Å². The first-order chi connectivity index (χ1) is 14.4. The number of amides is 1. The molecule has 2 atom stereocenters. The number of carbonyl (C=O) groups is 1. The zero-order valence-electron chi connectivity index (χ0n) is 16.2. The summed E-state index contributed by atoms with van der Waals surface area (Å²) >= 11 is 0. The van der Waals surface area contributed by atoms with Gasteiger partial charge in [-0.3, -0.25) is 0 Å². The Kier molecular flexibility index (Phi) is 5.25. The normalized spacial score (nSPS) is 18.4. The van der Waals surface area contributed by atoms with E-state index >= 15 is 0 Å². The summed E-state index contributed by atoms with van der Waals surface area (Å²) < 4.78 is 32.5. The Hall–Kier alpha value is -3.63. The number of benzene rings is 1. The minimum absolute atomic E-state index is 0.0811. The molecule has 0 aliphatic carbocycles. The third-order valence-corrected chi connectivity index (χ3v) is 4.60. The lowest BCUT2D eigenvalue weighted by molar-refractivity contribution is 0.119. The van der Waals surface area contributed by atoms with E-state index in [1.165, 1.54) is 12.3 Å². The molecular formula is C19H19F2N7O2. The average Bonchev–Trinajstić information content (AvgIpc) is 3.28. The largest absolute Gasteiger partial charge is 0.442 e. The van der Waals surface area contributed by atoms with Crippen molar-refractivity contribution in [1.82, 2.24) is 30.3 Å². The van der Waals surface area contributed by atoms with E-state index in [-0.39, 0.29) is 23.8 Å². The highest BCUT2D eigenvalue weighted by molar-refractivity contribution is 5.70. The summed E-state index contributed by atoms with van der Waals surface area (Å²) in [6.45, 7) is 4.13. The first kappa shape index (κ1) is 19.7. The van der Waals surface area contributed by atoms with Gasteiger partial charge in [-0.25, -0.2) is 28.2 Å². The van der Waals surface area contributed by atoms with Crippen molar-refractivity contribution in [2.45, 2.75) is 39.0 Å². The maximum Gasteiger partial charge on any atom is 0.407 e. The van der Waals surface area contributed by atoms with Crippen LogP contribution in [-0.2, 0) is 11.3 Å². The number of nitrogens with zero attached hydrogens (tertiary/aromatic N) is 5. The van der Waals surface area contributed by atoms with Gasteiger partial charge in [-0.2, -0.15) is 0 Å². The van der Waals surface area contributed by atoms with Gasteiger partial charge in [0.15, 0.2) is 0 Å². The monoisotopic (exact) mass is 415 g/mol. The second-order valence-electron chi connectivity index (χ2n) is 7.02. The molecule has 156 valence electrons. The number of hydrogen-bond acceptors (Lipinski definition) is 7. The molecule has 1 amide bonds. The third-order valence-electron chi connectivity index (χ3n) is 4.60. The van der Waals surface area contributed by atoms with Crippen molar-refractivity contribution in [3.63, 3.8) is 0 Å². The van der Waals surface area contributed by atoms with Crippen LogP contribution in [0.1, 0.15) is 24.6 Å². The van der Waals surface area contributed by atoms with Gasteiger partial charge in [-0.15, -0.1) is 5.10 Å². The molecule has 2 N–H and O–H groups in total. The summed E-state index contributed by atoms with van der Waals surface area (Å²) in [6, 6.07) is 6.63. The average molecular weight is 415 g/mol. The quantitative estimate of drug-likeness (QED) is 0.637. The number of aryl methyl sites for hydroxylation is 1. The SMILES string of the molecule is Cc1cc(Nc2nccc(C(F)F)n2)cc(-c2cn(C[C@H]3OC(=O)N[C@@H]3C)nn2)c1. The molecule has 1 aliphatic heterocycles. The van der Waals surface area contributed by atoms with Gasteiger partial charge in [-0.1, -0.05) is 5.21 Å². The lowest BCUT2D eigenvalue weighted by atomic mass is 10.1. The Labute approximate surface area is 170 Å². The maximum atomic E-state index is 12.9. The number of alkyl carbamates (subject to hydrolysis) is 1. The number of anilines is 2. The minimum atomic E-state index is -2.67. The number of ether oxygens (including phenoxy) is 1. The fraction of sp³-hybridized carbons (Fsp3) is 0.316. The van der Waals surface area contributed by atoms with E-state index in [9.17, 15) is 13.6 Å². The van der Waals surface area contributed by atoms with E-state index in [0.717, 1.165) is 11.1 Å². The molecule has 1 fully saturated rings. The first-order valence-electron chi connectivity index (χ1n) is 9.25. The summed E-state index contributed by atoms with van der Waals surface area (Å²) in [4.78, 5) is 19.1. The number of halogens is 2. The summed E-state index contributed by atoms with van der Waals surface area (Å²) in [5.41, 5.74) is 2.61. The topological polar surface area (TPSA) is 107 Å². The van der Waals surface area contributed by atoms with Gasteiger partial charge in [-0.05, 0) is 43.7 Å². The highest BCUT2D eigenvalue weighted by atomic mass is 19.3. The van der Waals surface area contributed by atoms with Crippen LogP contribution in [0, 0.1) is 6.92 Å². The molecule has 0 saturated carbocycles. The molecule has 11 heteroatoms. The summed E-state index contributed by atoms with van der Waals surface area (Å²) in [5.74, 6) is 0.0811. The molecule has 1 aliphatic rings. The van der Waals surface area contributed by atoms with E-state index in [2.05, 4.69) is 30.9 Å². The fourth-order valence-corrected chi connectivity index (χ4v) is 3.14. The van der Waals surface area contributed by atoms with Gasteiger partial charge >= 0.3 is 6.09 Å². The minimum Gasteiger partial charge on any atom is -0.442 e. The van der Waals surface area contributed by atoms with Crippen LogP contribution in [0.3, 0.4) is 0 Å². The van der Waals surface area contributed by atoms with Crippen LogP contribution in [0.25, 0.3) is 11.3 Å². The summed E-state index contributed by atoms with van der Waals surface area (Å²) in [6.07, 6.45) is -0.411. The van der Waals surface area contributed by atoms with E-state index in [0.29, 0.717) is 17.9 Å². The molecule has 3 heterocycles. The molecule has 2 aromatic heterocycles. The van der Waals surface area contributed by atoms with Gasteiger partial charge in [0.05, 0.1) is 18.8 Å². The highest BCUT2D eigenvalue weighted by Gasteiger charge is 2.31. The molecule has 0 unspecified atom stereocenters. The van der Waals surface area contributed by atoms with Gasteiger partial charge in [0.1, 0.15) is 17.5 Å². The van der Waals surface area contributed by atoms with E-state index in [1.807, 2.05) is 26.0 Å². The van der Waals surface area contributed by atoms with Gasteiger partial charge in [0.25, 0.3) is 6.43 Å². The number of nitrogens with one attached hydrogen (secondary N) is 2. The third kappa shape index (κ3) is 4.34. The molecule has 1 aromatic carbocycles. The summed E-state index contributed by atoms with van der Waals surface area (Å²) in [5, 5.41) is 13.9. The smallest absolute Gasteiger partial charge is 0.407 e. The van der Waals surface area contributed by atoms with Crippen LogP contribution in [0.15, 0.2) is 36.7 Å². The molecule has 3 aromatic rings. The van der Waals surface area contributed by atoms with Crippen molar-refractivity contribution in [2.75, 3.05) is 5.32 Å². The van der Waals surface area contributed by atoms with Crippen molar-refractivity contribution in [2.24, 2.45) is 0 Å². The standard InChI is InChI=1S/C19H19F2N7O2/c1-10-5-12(7-13(6-10)24-18-22-4-3-14(25-18)17(20)21)15-8-28(27-26-15)9-16-11(2)23-19(29)30-16/h3-8,11,16-17H,9H2,1-2H3,(H,23,29)(H,22,24,25)/t11-,16-/m1/s1. The molecule has 0 spiro atoms. The molecule has 4 rings (SSSR count). The van der Waals surface area contributed by atoms with E-state index < -0.39 is 12.5 Å². The highest BCUT2D eigenvalue weighted by Crippen LogP contribution is 2.25. The Morgan fingerprint density at radius 3 is 2.90 bits per heavy atom. The Morgan fingerprint density at radius 1 is 1.33 bits per heavy atom. The fourth-order valence-electron chi connectivity index (χ4n) is 3.14. The van der Waals surface area contributed by atoms with Crippen LogP contribution in [0.4, 0.5) is 25.2 Å². The number of alkyl halides is 2.